The third kappa shape index (κ3) is 4.43. The first-order valence-corrected chi connectivity index (χ1v) is 7.75. The molecule has 0 fully saturated rings. The number of halogens is 1. The molecule has 0 spiro atoms. The SMILES string of the molecule is Cc1cc(OCC(=O)Nc2ccccc2C(N)=S)cc(C)c1Cl. The maximum absolute atomic E-state index is 12.1. The Morgan fingerprint density at radius 2 is 1.87 bits per heavy atom. The third-order valence-corrected chi connectivity index (χ3v) is 4.06. The first kappa shape index (κ1) is 17.2. The van der Waals surface area contributed by atoms with E-state index in [4.69, 9.17) is 34.3 Å². The Hall–Kier alpha value is -2.11. The van der Waals surface area contributed by atoms with Crippen LogP contribution in [0.3, 0.4) is 0 Å². The molecule has 6 heteroatoms. The number of thiocarbonyl (C=S) groups is 1. The highest BCUT2D eigenvalue weighted by Crippen LogP contribution is 2.25. The van der Waals surface area contributed by atoms with Crippen LogP contribution < -0.4 is 15.8 Å². The second kappa shape index (κ2) is 7.44. The van der Waals surface area contributed by atoms with Crippen LogP contribution in [0.1, 0.15) is 16.7 Å². The van der Waals surface area contributed by atoms with Gasteiger partial charge in [-0.15, -0.1) is 0 Å². The number of rotatable bonds is 5. The number of amides is 1. The largest absolute Gasteiger partial charge is 0.484 e. The number of nitrogens with two attached hydrogens (primary N) is 1. The van der Waals surface area contributed by atoms with Crippen LogP contribution >= 0.6 is 23.8 Å². The van der Waals surface area contributed by atoms with Crippen LogP contribution in [0.15, 0.2) is 36.4 Å². The number of nitrogens with one attached hydrogen (secondary N) is 1. The van der Waals surface area contributed by atoms with Gasteiger partial charge >= 0.3 is 0 Å². The van der Waals surface area contributed by atoms with Crippen molar-refractivity contribution in [2.24, 2.45) is 5.73 Å². The lowest BCUT2D eigenvalue weighted by Gasteiger charge is -2.12. The fourth-order valence-corrected chi connectivity index (χ4v) is 2.42. The summed E-state index contributed by atoms with van der Waals surface area (Å²) in [6.45, 7) is 3.66. The van der Waals surface area contributed by atoms with Crippen LogP contribution in [-0.4, -0.2) is 17.5 Å². The predicted molar refractivity (Wildman–Crippen MR) is 97.4 cm³/mol. The van der Waals surface area contributed by atoms with Crippen LogP contribution in [0.5, 0.6) is 5.75 Å². The summed E-state index contributed by atoms with van der Waals surface area (Å²) >= 11 is 11.1. The monoisotopic (exact) mass is 348 g/mol. The minimum atomic E-state index is -0.293. The van der Waals surface area contributed by atoms with Crippen molar-refractivity contribution in [2.75, 3.05) is 11.9 Å². The second-order valence-corrected chi connectivity index (χ2v) is 5.94. The van der Waals surface area contributed by atoms with Crippen LogP contribution in [0.25, 0.3) is 0 Å². The lowest BCUT2D eigenvalue weighted by atomic mass is 10.1. The number of hydrogen-bond donors (Lipinski definition) is 2. The van der Waals surface area contributed by atoms with Crippen LogP contribution in [0.4, 0.5) is 5.69 Å². The molecule has 4 nitrogen and oxygen atoms in total. The number of hydrogen-bond acceptors (Lipinski definition) is 3. The van der Waals surface area contributed by atoms with Gasteiger partial charge in [0, 0.05) is 10.6 Å². The maximum atomic E-state index is 12.1. The van der Waals surface area contributed by atoms with Crippen molar-refractivity contribution in [3.63, 3.8) is 0 Å². The molecule has 2 aromatic carbocycles. The van der Waals surface area contributed by atoms with Crippen molar-refractivity contribution in [1.29, 1.82) is 0 Å². The first-order valence-electron chi connectivity index (χ1n) is 6.96. The maximum Gasteiger partial charge on any atom is 0.262 e. The number of benzene rings is 2. The van der Waals surface area contributed by atoms with Gasteiger partial charge in [0.05, 0.1) is 5.69 Å². The molecule has 0 atom stereocenters. The van der Waals surface area contributed by atoms with Crippen molar-refractivity contribution in [3.05, 3.63) is 58.1 Å². The van der Waals surface area contributed by atoms with Gasteiger partial charge in [0.25, 0.3) is 5.91 Å². The van der Waals surface area contributed by atoms with Gasteiger partial charge in [-0.05, 0) is 49.2 Å². The van der Waals surface area contributed by atoms with Gasteiger partial charge in [-0.2, -0.15) is 0 Å². The van der Waals surface area contributed by atoms with E-state index in [1.165, 1.54) is 0 Å². The Balaban J connectivity index is 2.03. The summed E-state index contributed by atoms with van der Waals surface area (Å²) in [6.07, 6.45) is 0. The number of ether oxygens (including phenoxy) is 1. The van der Waals surface area contributed by atoms with Crippen molar-refractivity contribution in [2.45, 2.75) is 13.8 Å². The fourth-order valence-electron chi connectivity index (χ4n) is 2.13. The Bertz CT molecular complexity index is 739. The quantitative estimate of drug-likeness (QED) is 0.810. The molecule has 0 aliphatic carbocycles. The number of carbonyl (C=O) groups excluding carboxylic acids is 1. The summed E-state index contributed by atoms with van der Waals surface area (Å²) in [6, 6.07) is 10.7. The molecule has 0 radical (unpaired) electrons. The Morgan fingerprint density at radius 3 is 2.48 bits per heavy atom. The van der Waals surface area contributed by atoms with E-state index < -0.39 is 0 Å². The number of anilines is 1. The van der Waals surface area contributed by atoms with Crippen molar-refractivity contribution in [1.82, 2.24) is 0 Å². The Labute approximate surface area is 145 Å². The second-order valence-electron chi connectivity index (χ2n) is 5.12. The molecule has 2 rings (SSSR count). The van der Waals surface area contributed by atoms with E-state index in [0.29, 0.717) is 22.0 Å². The highest BCUT2D eigenvalue weighted by molar-refractivity contribution is 7.80. The third-order valence-electron chi connectivity index (χ3n) is 3.25. The summed E-state index contributed by atoms with van der Waals surface area (Å²) in [5, 5.41) is 3.45. The molecule has 23 heavy (non-hydrogen) atoms. The van der Waals surface area contributed by atoms with Gasteiger partial charge in [-0.1, -0.05) is 36.0 Å². The minimum Gasteiger partial charge on any atom is -0.484 e. The van der Waals surface area contributed by atoms with Crippen molar-refractivity contribution in [3.8, 4) is 5.75 Å². The van der Waals surface area contributed by atoms with E-state index in [2.05, 4.69) is 5.32 Å². The lowest BCUT2D eigenvalue weighted by molar-refractivity contribution is -0.118. The Kier molecular flexibility index (Phi) is 5.58. The number of carbonyl (C=O) groups is 1. The highest BCUT2D eigenvalue weighted by atomic mass is 35.5. The topological polar surface area (TPSA) is 64.3 Å². The molecule has 0 saturated carbocycles. The molecule has 0 heterocycles. The van der Waals surface area contributed by atoms with Gasteiger partial charge in [0.2, 0.25) is 0 Å². The van der Waals surface area contributed by atoms with Crippen molar-refractivity contribution >= 4 is 40.4 Å². The van der Waals surface area contributed by atoms with Crippen LogP contribution in [0, 0.1) is 13.8 Å². The zero-order valence-corrected chi connectivity index (χ0v) is 14.4. The summed E-state index contributed by atoms with van der Waals surface area (Å²) in [5.41, 5.74) is 8.63. The molecule has 0 aromatic heterocycles. The van der Waals surface area contributed by atoms with Crippen LogP contribution in [-0.2, 0) is 4.79 Å². The molecule has 120 valence electrons. The molecule has 2 aromatic rings. The average molecular weight is 349 g/mol. The van der Waals surface area contributed by atoms with Crippen LogP contribution in [0.2, 0.25) is 5.02 Å². The van der Waals surface area contributed by atoms with Crippen molar-refractivity contribution < 1.29 is 9.53 Å². The van der Waals surface area contributed by atoms with E-state index in [0.717, 1.165) is 11.1 Å². The molecule has 3 N–H and O–H groups in total. The van der Waals surface area contributed by atoms with E-state index in [1.54, 1.807) is 36.4 Å². The summed E-state index contributed by atoms with van der Waals surface area (Å²) in [7, 11) is 0. The van der Waals surface area contributed by atoms with Gasteiger partial charge in [-0.3, -0.25) is 4.79 Å². The summed E-state index contributed by atoms with van der Waals surface area (Å²) in [4.78, 5) is 12.3. The smallest absolute Gasteiger partial charge is 0.262 e. The van der Waals surface area contributed by atoms with E-state index in [1.807, 2.05) is 13.8 Å². The molecular formula is C17H17ClN2O2S. The number of para-hydroxylation sites is 1. The molecule has 1 amide bonds. The first-order chi connectivity index (χ1) is 10.9. The van der Waals surface area contributed by atoms with Gasteiger partial charge in [0.15, 0.2) is 6.61 Å². The van der Waals surface area contributed by atoms with Gasteiger partial charge < -0.3 is 15.8 Å². The van der Waals surface area contributed by atoms with Gasteiger partial charge in [-0.25, -0.2) is 0 Å². The summed E-state index contributed by atoms with van der Waals surface area (Å²) < 4.78 is 5.52. The van der Waals surface area contributed by atoms with E-state index >= 15 is 0 Å². The zero-order chi connectivity index (χ0) is 17.0. The molecule has 0 bridgehead atoms. The standard InChI is InChI=1S/C17H17ClN2O2S/c1-10-7-12(8-11(2)16(10)18)22-9-15(21)20-14-6-4-3-5-13(14)17(19)23/h3-8H,9H2,1-2H3,(H2,19,23)(H,20,21). The molecule has 0 unspecified atom stereocenters. The zero-order valence-electron chi connectivity index (χ0n) is 12.9. The lowest BCUT2D eigenvalue weighted by Crippen LogP contribution is -2.22. The minimum absolute atomic E-state index is 0.119. The van der Waals surface area contributed by atoms with E-state index in [-0.39, 0.29) is 17.5 Å². The molecule has 0 aliphatic rings. The number of aryl methyl sites for hydroxylation is 2. The predicted octanol–water partition coefficient (Wildman–Crippen LogP) is 3.61. The van der Waals surface area contributed by atoms with E-state index in [9.17, 15) is 4.79 Å². The summed E-state index contributed by atoms with van der Waals surface area (Å²) in [5.74, 6) is 0.307. The van der Waals surface area contributed by atoms with Gasteiger partial charge in [0.1, 0.15) is 10.7 Å². The fraction of sp³-hybridized carbons (Fsp3) is 0.176. The average Bonchev–Trinajstić information content (AvgIpc) is 2.50. The molecule has 0 aliphatic heterocycles. The molecular weight excluding hydrogens is 332 g/mol. The normalized spacial score (nSPS) is 10.2. The highest BCUT2D eigenvalue weighted by Gasteiger charge is 2.10. The Morgan fingerprint density at radius 1 is 1.26 bits per heavy atom. The molecule has 0 saturated heterocycles.